The predicted octanol–water partition coefficient (Wildman–Crippen LogP) is 0.889. The zero-order valence-corrected chi connectivity index (χ0v) is 14.9. The fraction of sp³-hybridized carbons (Fsp3) is 0.625. The van der Waals surface area contributed by atoms with E-state index >= 15 is 0 Å². The molecule has 24 heavy (non-hydrogen) atoms. The van der Waals surface area contributed by atoms with E-state index in [1.165, 1.54) is 17.1 Å². The summed E-state index contributed by atoms with van der Waals surface area (Å²) in [5.74, 6) is -0.128. The van der Waals surface area contributed by atoms with Gasteiger partial charge in [0.2, 0.25) is 5.91 Å². The van der Waals surface area contributed by atoms with Gasteiger partial charge in [0.15, 0.2) is 5.65 Å². The Kier molecular flexibility index (Phi) is 5.38. The normalized spacial score (nSPS) is 13.2. The van der Waals surface area contributed by atoms with Crippen LogP contribution in [0.15, 0.2) is 17.3 Å². The van der Waals surface area contributed by atoms with Gasteiger partial charge in [-0.15, -0.1) is 0 Å². The zero-order chi connectivity index (χ0) is 17.9. The van der Waals surface area contributed by atoms with Crippen molar-refractivity contribution in [1.82, 2.24) is 24.6 Å². The summed E-state index contributed by atoms with van der Waals surface area (Å²) < 4.78 is 8.15. The van der Waals surface area contributed by atoms with E-state index < -0.39 is 0 Å². The topological polar surface area (TPSA) is 91.0 Å². The fourth-order valence-electron chi connectivity index (χ4n) is 2.46. The van der Waals surface area contributed by atoms with E-state index in [0.29, 0.717) is 17.6 Å². The van der Waals surface area contributed by atoms with Crippen LogP contribution in [-0.2, 0) is 21.6 Å². The van der Waals surface area contributed by atoms with Gasteiger partial charge in [-0.05, 0) is 27.7 Å². The number of amides is 1. The van der Waals surface area contributed by atoms with Crippen molar-refractivity contribution in [2.24, 2.45) is 0 Å². The molecule has 1 atom stereocenters. The minimum atomic E-state index is -0.259. The maximum absolute atomic E-state index is 12.5. The monoisotopic (exact) mass is 335 g/mol. The van der Waals surface area contributed by atoms with Crippen LogP contribution < -0.4 is 10.9 Å². The molecule has 1 unspecified atom stereocenters. The third kappa shape index (κ3) is 4.00. The van der Waals surface area contributed by atoms with Crippen LogP contribution in [0, 0.1) is 0 Å². The summed E-state index contributed by atoms with van der Waals surface area (Å²) in [4.78, 5) is 28.8. The average Bonchev–Trinajstić information content (AvgIpc) is 2.91. The van der Waals surface area contributed by atoms with Crippen LogP contribution in [-0.4, -0.2) is 45.0 Å². The number of carbonyl (C=O) groups excluding carboxylic acids is 1. The number of carbonyl (C=O) groups is 1. The number of nitrogens with zero attached hydrogens (tertiary/aromatic N) is 4. The summed E-state index contributed by atoms with van der Waals surface area (Å²) in [5.41, 5.74) is 0.111. The molecule has 1 amide bonds. The second-order valence-electron chi connectivity index (χ2n) is 6.88. The lowest BCUT2D eigenvalue weighted by atomic mass is 10.1. The van der Waals surface area contributed by atoms with Crippen LogP contribution in [0.3, 0.4) is 0 Å². The second kappa shape index (κ2) is 7.12. The number of hydrogen-bond donors (Lipinski definition) is 1. The molecule has 0 aliphatic carbocycles. The highest BCUT2D eigenvalue weighted by Gasteiger charge is 2.19. The van der Waals surface area contributed by atoms with Gasteiger partial charge in [0.25, 0.3) is 5.56 Å². The Morgan fingerprint density at radius 2 is 2.12 bits per heavy atom. The molecule has 1 N–H and O–H groups in total. The standard InChI is InChI=1S/C16H25N5O3/c1-11(9-24-5)19-13(22)6-7-20-10-17-14-12(15(20)23)8-18-21(14)16(2,3)4/h8,10-11H,6-7,9H2,1-5H3,(H,19,22). The number of nitrogens with one attached hydrogen (secondary N) is 1. The van der Waals surface area contributed by atoms with Gasteiger partial charge in [-0.25, -0.2) is 9.67 Å². The van der Waals surface area contributed by atoms with E-state index in [4.69, 9.17) is 4.74 Å². The van der Waals surface area contributed by atoms with Crippen molar-refractivity contribution in [3.8, 4) is 0 Å². The van der Waals surface area contributed by atoms with Gasteiger partial charge in [-0.3, -0.25) is 14.2 Å². The van der Waals surface area contributed by atoms with Crippen LogP contribution in [0.25, 0.3) is 11.0 Å². The van der Waals surface area contributed by atoms with Crippen LogP contribution in [0.4, 0.5) is 0 Å². The van der Waals surface area contributed by atoms with E-state index in [-0.39, 0.29) is 36.0 Å². The van der Waals surface area contributed by atoms with Crippen molar-refractivity contribution in [3.63, 3.8) is 0 Å². The number of hydrogen-bond acceptors (Lipinski definition) is 5. The van der Waals surface area contributed by atoms with E-state index in [9.17, 15) is 9.59 Å². The van der Waals surface area contributed by atoms with Gasteiger partial charge in [0.05, 0.1) is 24.7 Å². The number of aromatic nitrogens is 4. The largest absolute Gasteiger partial charge is 0.383 e. The highest BCUT2D eigenvalue weighted by Crippen LogP contribution is 2.17. The van der Waals surface area contributed by atoms with Gasteiger partial charge < -0.3 is 10.1 Å². The Hall–Kier alpha value is -2.22. The lowest BCUT2D eigenvalue weighted by molar-refractivity contribution is -0.122. The van der Waals surface area contributed by atoms with Crippen LogP contribution in [0.5, 0.6) is 0 Å². The molecule has 2 heterocycles. The Morgan fingerprint density at radius 1 is 1.42 bits per heavy atom. The van der Waals surface area contributed by atoms with Crippen molar-refractivity contribution in [2.45, 2.75) is 52.2 Å². The first kappa shape index (κ1) is 18.1. The van der Waals surface area contributed by atoms with Crippen molar-refractivity contribution in [1.29, 1.82) is 0 Å². The maximum atomic E-state index is 12.5. The molecule has 0 spiro atoms. The molecule has 8 nitrogen and oxygen atoms in total. The van der Waals surface area contributed by atoms with Gasteiger partial charge in [0, 0.05) is 26.1 Å². The number of methoxy groups -OCH3 is 1. The smallest absolute Gasteiger partial charge is 0.264 e. The number of aryl methyl sites for hydroxylation is 1. The molecule has 0 aromatic carbocycles. The Bertz CT molecular complexity index is 772. The predicted molar refractivity (Wildman–Crippen MR) is 90.9 cm³/mol. The quantitative estimate of drug-likeness (QED) is 0.846. The molecular weight excluding hydrogens is 310 g/mol. The van der Waals surface area contributed by atoms with Crippen molar-refractivity contribution in [2.75, 3.05) is 13.7 Å². The van der Waals surface area contributed by atoms with Gasteiger partial charge >= 0.3 is 0 Å². The molecule has 0 fully saturated rings. The summed E-state index contributed by atoms with van der Waals surface area (Å²) >= 11 is 0. The molecule has 8 heteroatoms. The molecule has 2 rings (SSSR count). The molecule has 132 valence electrons. The molecule has 2 aromatic heterocycles. The number of ether oxygens (including phenoxy) is 1. The van der Waals surface area contributed by atoms with E-state index in [0.717, 1.165) is 0 Å². The maximum Gasteiger partial charge on any atom is 0.264 e. The molecule has 0 bridgehead atoms. The molecule has 0 aliphatic rings. The lowest BCUT2D eigenvalue weighted by Crippen LogP contribution is -2.36. The summed E-state index contributed by atoms with van der Waals surface area (Å²) in [5, 5.41) is 7.55. The van der Waals surface area contributed by atoms with Crippen LogP contribution in [0.2, 0.25) is 0 Å². The third-order valence-corrected chi connectivity index (χ3v) is 3.59. The minimum Gasteiger partial charge on any atom is -0.383 e. The summed E-state index contributed by atoms with van der Waals surface area (Å²) in [6.45, 7) is 8.58. The SMILES string of the molecule is COCC(C)NC(=O)CCn1cnc2c(cnn2C(C)(C)C)c1=O. The van der Waals surface area contributed by atoms with Gasteiger partial charge in [-0.1, -0.05) is 0 Å². The lowest BCUT2D eigenvalue weighted by Gasteiger charge is -2.19. The Morgan fingerprint density at radius 3 is 2.75 bits per heavy atom. The second-order valence-corrected chi connectivity index (χ2v) is 6.88. The third-order valence-electron chi connectivity index (χ3n) is 3.59. The van der Waals surface area contributed by atoms with Crippen molar-refractivity contribution in [3.05, 3.63) is 22.9 Å². The summed E-state index contributed by atoms with van der Waals surface area (Å²) in [6, 6.07) is -0.0650. The molecular formula is C16H25N5O3. The highest BCUT2D eigenvalue weighted by atomic mass is 16.5. The van der Waals surface area contributed by atoms with E-state index in [1.54, 1.807) is 11.8 Å². The Labute approximate surface area is 140 Å². The molecule has 0 saturated heterocycles. The van der Waals surface area contributed by atoms with Crippen LogP contribution in [0.1, 0.15) is 34.1 Å². The van der Waals surface area contributed by atoms with Crippen LogP contribution >= 0.6 is 0 Å². The van der Waals surface area contributed by atoms with Gasteiger partial charge in [0.1, 0.15) is 5.39 Å². The van der Waals surface area contributed by atoms with E-state index in [1.807, 2.05) is 27.7 Å². The average molecular weight is 335 g/mol. The van der Waals surface area contributed by atoms with Crippen molar-refractivity contribution >= 4 is 16.9 Å². The summed E-state index contributed by atoms with van der Waals surface area (Å²) in [6.07, 6.45) is 3.21. The molecule has 0 radical (unpaired) electrons. The first-order chi connectivity index (χ1) is 11.2. The number of fused-ring (bicyclic) bond motifs is 1. The van der Waals surface area contributed by atoms with Gasteiger partial charge in [-0.2, -0.15) is 5.10 Å². The van der Waals surface area contributed by atoms with E-state index in [2.05, 4.69) is 15.4 Å². The molecule has 2 aromatic rings. The first-order valence-corrected chi connectivity index (χ1v) is 7.96. The molecule has 0 saturated carbocycles. The first-order valence-electron chi connectivity index (χ1n) is 7.96. The van der Waals surface area contributed by atoms with Crippen molar-refractivity contribution < 1.29 is 9.53 Å². The minimum absolute atomic E-state index is 0.0650. The zero-order valence-electron chi connectivity index (χ0n) is 14.9. The highest BCUT2D eigenvalue weighted by molar-refractivity contribution is 5.76. The fourth-order valence-corrected chi connectivity index (χ4v) is 2.46. The molecule has 0 aliphatic heterocycles. The number of rotatable bonds is 6. The Balaban J connectivity index is 2.13. The summed E-state index contributed by atoms with van der Waals surface area (Å²) in [7, 11) is 1.58.